The van der Waals surface area contributed by atoms with Gasteiger partial charge in [-0.2, -0.15) is 0 Å². The fraction of sp³-hybridized carbons (Fsp3) is 0.333. The average molecular weight is 349 g/mol. The van der Waals surface area contributed by atoms with E-state index in [1.54, 1.807) is 7.11 Å². The lowest BCUT2D eigenvalue weighted by Gasteiger charge is -2.21. The van der Waals surface area contributed by atoms with Crippen molar-refractivity contribution in [2.45, 2.75) is 33.3 Å². The molecule has 0 heterocycles. The summed E-state index contributed by atoms with van der Waals surface area (Å²) in [5, 5.41) is 10.8. The van der Waals surface area contributed by atoms with Gasteiger partial charge in [0, 0.05) is 10.0 Å². The second-order valence-electron chi connectivity index (χ2n) is 5.24. The molecule has 0 bridgehead atoms. The molecule has 0 saturated carbocycles. The molecule has 2 aromatic carbocycles. The van der Waals surface area contributed by atoms with Crippen molar-refractivity contribution in [2.24, 2.45) is 0 Å². The van der Waals surface area contributed by atoms with Gasteiger partial charge in [-0.25, -0.2) is 0 Å². The average Bonchev–Trinajstić information content (AvgIpc) is 2.50. The maximum absolute atomic E-state index is 10.8. The van der Waals surface area contributed by atoms with Crippen molar-refractivity contribution >= 4 is 15.9 Å². The van der Waals surface area contributed by atoms with Gasteiger partial charge in [0.2, 0.25) is 0 Å². The van der Waals surface area contributed by atoms with Crippen LogP contribution in [0.25, 0.3) is 0 Å². The van der Waals surface area contributed by atoms with Crippen LogP contribution in [0.2, 0.25) is 0 Å². The van der Waals surface area contributed by atoms with Gasteiger partial charge in [-0.3, -0.25) is 0 Å². The maximum Gasteiger partial charge on any atom is 0.128 e. The highest BCUT2D eigenvalue weighted by Gasteiger charge is 2.21. The molecule has 0 aliphatic heterocycles. The van der Waals surface area contributed by atoms with E-state index in [1.165, 1.54) is 5.56 Å². The summed E-state index contributed by atoms with van der Waals surface area (Å²) < 4.78 is 6.50. The van der Waals surface area contributed by atoms with E-state index in [9.17, 15) is 5.11 Å². The fourth-order valence-corrected chi connectivity index (χ4v) is 3.13. The summed E-state index contributed by atoms with van der Waals surface area (Å²) in [6.45, 7) is 6.10. The Morgan fingerprint density at radius 1 is 1.19 bits per heavy atom. The number of benzene rings is 2. The monoisotopic (exact) mass is 348 g/mol. The van der Waals surface area contributed by atoms with Crippen LogP contribution in [0.1, 0.15) is 40.8 Å². The highest BCUT2D eigenvalue weighted by atomic mass is 79.9. The minimum Gasteiger partial charge on any atom is -0.496 e. The Morgan fingerprint density at radius 2 is 1.81 bits per heavy atom. The van der Waals surface area contributed by atoms with E-state index >= 15 is 0 Å². The summed E-state index contributed by atoms with van der Waals surface area (Å²) in [6, 6.07) is 10.1. The van der Waals surface area contributed by atoms with Crippen molar-refractivity contribution in [2.75, 3.05) is 7.11 Å². The van der Waals surface area contributed by atoms with Gasteiger partial charge in [-0.15, -0.1) is 0 Å². The molecule has 0 aromatic heterocycles. The normalized spacial score (nSPS) is 12.3. The molecule has 0 aliphatic rings. The van der Waals surface area contributed by atoms with Gasteiger partial charge in [-0.1, -0.05) is 47.1 Å². The van der Waals surface area contributed by atoms with Crippen LogP contribution < -0.4 is 4.74 Å². The lowest BCUT2D eigenvalue weighted by atomic mass is 9.94. The van der Waals surface area contributed by atoms with E-state index in [1.807, 2.05) is 32.0 Å². The van der Waals surface area contributed by atoms with Gasteiger partial charge in [-0.05, 0) is 48.6 Å². The highest BCUT2D eigenvalue weighted by Crippen LogP contribution is 2.38. The first-order valence-corrected chi connectivity index (χ1v) is 7.89. The first-order valence-electron chi connectivity index (χ1n) is 7.10. The van der Waals surface area contributed by atoms with E-state index in [0.29, 0.717) is 0 Å². The molecular formula is C18H21BrO2. The SMILES string of the molecule is CCc1ccc(C(O)c2c(C)c(Br)cc(C)c2OC)cc1. The van der Waals surface area contributed by atoms with Crippen molar-refractivity contribution in [3.05, 3.63) is 62.6 Å². The number of hydrogen-bond acceptors (Lipinski definition) is 2. The predicted octanol–water partition coefficient (Wildman–Crippen LogP) is 4.72. The molecule has 2 aromatic rings. The molecule has 2 rings (SSSR count). The van der Waals surface area contributed by atoms with Crippen LogP contribution in [-0.4, -0.2) is 12.2 Å². The number of aryl methyl sites for hydroxylation is 2. The van der Waals surface area contributed by atoms with Crippen molar-refractivity contribution in [3.8, 4) is 5.75 Å². The summed E-state index contributed by atoms with van der Waals surface area (Å²) in [5.74, 6) is 0.753. The Hall–Kier alpha value is -1.32. The van der Waals surface area contributed by atoms with Gasteiger partial charge in [0.25, 0.3) is 0 Å². The Morgan fingerprint density at radius 3 is 2.33 bits per heavy atom. The van der Waals surface area contributed by atoms with Crippen molar-refractivity contribution < 1.29 is 9.84 Å². The number of methoxy groups -OCH3 is 1. The van der Waals surface area contributed by atoms with Crippen LogP contribution >= 0.6 is 15.9 Å². The molecular weight excluding hydrogens is 328 g/mol. The lowest BCUT2D eigenvalue weighted by molar-refractivity contribution is 0.213. The number of hydrogen-bond donors (Lipinski definition) is 1. The van der Waals surface area contributed by atoms with Gasteiger partial charge in [0.1, 0.15) is 11.9 Å². The second kappa shape index (κ2) is 6.63. The third-order valence-corrected chi connectivity index (χ3v) is 4.71. The van der Waals surface area contributed by atoms with E-state index in [2.05, 4.69) is 35.0 Å². The molecule has 1 N–H and O–H groups in total. The van der Waals surface area contributed by atoms with Crippen molar-refractivity contribution in [3.63, 3.8) is 0 Å². The molecule has 0 radical (unpaired) electrons. The second-order valence-corrected chi connectivity index (χ2v) is 6.10. The zero-order chi connectivity index (χ0) is 15.6. The lowest BCUT2D eigenvalue weighted by Crippen LogP contribution is -2.07. The van der Waals surface area contributed by atoms with Crippen LogP contribution in [0.5, 0.6) is 5.75 Å². The van der Waals surface area contributed by atoms with Crippen LogP contribution in [0, 0.1) is 13.8 Å². The van der Waals surface area contributed by atoms with Crippen LogP contribution in [-0.2, 0) is 6.42 Å². The summed E-state index contributed by atoms with van der Waals surface area (Å²) >= 11 is 3.56. The van der Waals surface area contributed by atoms with Crippen LogP contribution in [0.15, 0.2) is 34.8 Å². The Balaban J connectivity index is 2.53. The first kappa shape index (κ1) is 16.1. The van der Waals surface area contributed by atoms with Gasteiger partial charge in [0.15, 0.2) is 0 Å². The van der Waals surface area contributed by atoms with E-state index in [0.717, 1.165) is 38.9 Å². The Bertz CT molecular complexity index is 633. The Kier molecular flexibility index (Phi) is 5.07. The molecule has 21 heavy (non-hydrogen) atoms. The molecule has 0 aliphatic carbocycles. The van der Waals surface area contributed by atoms with Crippen molar-refractivity contribution in [1.29, 1.82) is 0 Å². The molecule has 1 atom stereocenters. The summed E-state index contributed by atoms with van der Waals surface area (Å²) in [7, 11) is 1.64. The van der Waals surface area contributed by atoms with Gasteiger partial charge >= 0.3 is 0 Å². The van der Waals surface area contributed by atoms with Crippen molar-refractivity contribution in [1.82, 2.24) is 0 Å². The first-order chi connectivity index (χ1) is 9.99. The van der Waals surface area contributed by atoms with Crippen LogP contribution in [0.4, 0.5) is 0 Å². The predicted molar refractivity (Wildman–Crippen MR) is 90.0 cm³/mol. The molecule has 112 valence electrons. The molecule has 2 nitrogen and oxygen atoms in total. The molecule has 0 amide bonds. The topological polar surface area (TPSA) is 29.5 Å². The molecule has 0 spiro atoms. The van der Waals surface area contributed by atoms with Gasteiger partial charge < -0.3 is 9.84 Å². The smallest absolute Gasteiger partial charge is 0.128 e. The number of aliphatic hydroxyl groups excluding tert-OH is 1. The van der Waals surface area contributed by atoms with E-state index in [-0.39, 0.29) is 0 Å². The summed E-state index contributed by atoms with van der Waals surface area (Å²) in [5.41, 5.74) is 4.98. The number of aliphatic hydroxyl groups is 1. The minimum absolute atomic E-state index is 0.693. The third kappa shape index (κ3) is 3.14. The Labute approximate surface area is 134 Å². The number of halogens is 1. The number of ether oxygens (including phenoxy) is 1. The standard InChI is InChI=1S/C18H21BrO2/c1-5-13-6-8-14(9-7-13)17(20)16-12(3)15(19)10-11(2)18(16)21-4/h6-10,17,20H,5H2,1-4H3. The largest absolute Gasteiger partial charge is 0.496 e. The minimum atomic E-state index is -0.693. The zero-order valence-electron chi connectivity index (χ0n) is 12.9. The highest BCUT2D eigenvalue weighted by molar-refractivity contribution is 9.10. The molecule has 0 saturated heterocycles. The molecule has 1 unspecified atom stereocenters. The number of rotatable bonds is 4. The quantitative estimate of drug-likeness (QED) is 0.866. The molecule has 3 heteroatoms. The van der Waals surface area contributed by atoms with Crippen LogP contribution in [0.3, 0.4) is 0 Å². The summed E-state index contributed by atoms with van der Waals surface area (Å²) in [4.78, 5) is 0. The third-order valence-electron chi connectivity index (χ3n) is 3.89. The summed E-state index contributed by atoms with van der Waals surface area (Å²) in [6.07, 6.45) is 0.302. The van der Waals surface area contributed by atoms with E-state index < -0.39 is 6.10 Å². The van der Waals surface area contributed by atoms with E-state index in [4.69, 9.17) is 4.74 Å². The molecule has 0 fully saturated rings. The van der Waals surface area contributed by atoms with Gasteiger partial charge in [0.05, 0.1) is 7.11 Å². The fourth-order valence-electron chi connectivity index (χ4n) is 2.58. The maximum atomic E-state index is 10.8. The zero-order valence-corrected chi connectivity index (χ0v) is 14.5.